The van der Waals surface area contributed by atoms with E-state index in [0.717, 1.165) is 31.4 Å². The number of alkyl halides is 1. The Morgan fingerprint density at radius 1 is 1.12 bits per heavy atom. The Balaban J connectivity index is 1.50. The fourth-order valence-electron chi connectivity index (χ4n) is 5.70. The van der Waals surface area contributed by atoms with Crippen LogP contribution in [0.4, 0.5) is 18.9 Å². The van der Waals surface area contributed by atoms with Crippen molar-refractivity contribution < 1.29 is 18.0 Å². The summed E-state index contributed by atoms with van der Waals surface area (Å²) in [6, 6.07) is 1.89. The quantitative estimate of drug-likeness (QED) is 0.549. The molecule has 1 N–H and O–H groups in total. The third-order valence-electron chi connectivity index (χ3n) is 5.96. The highest BCUT2D eigenvalue weighted by molar-refractivity contribution is 9.10. The SMILES string of the molecule is O=C(CC12C[C@@H]3C[C@@H](CC(Br)(C3)C1)C2)Nc1ccc(F)c(F)c1F. The summed E-state index contributed by atoms with van der Waals surface area (Å²) in [6.07, 6.45) is 6.92. The second kappa shape index (κ2) is 5.48. The van der Waals surface area contributed by atoms with Crippen LogP contribution in [-0.2, 0) is 4.79 Å². The van der Waals surface area contributed by atoms with Crippen molar-refractivity contribution in [1.82, 2.24) is 0 Å². The number of hydrogen-bond donors (Lipinski definition) is 1. The number of halogens is 4. The second-order valence-electron chi connectivity index (χ2n) is 8.06. The van der Waals surface area contributed by atoms with Crippen LogP contribution in [0.25, 0.3) is 0 Å². The molecule has 0 heterocycles. The molecule has 4 atom stereocenters. The average Bonchev–Trinajstić information content (AvgIpc) is 2.45. The minimum Gasteiger partial charge on any atom is -0.323 e. The Kier molecular flexibility index (Phi) is 3.75. The van der Waals surface area contributed by atoms with Gasteiger partial charge in [-0.05, 0) is 67.9 Å². The van der Waals surface area contributed by atoms with Gasteiger partial charge in [-0.2, -0.15) is 0 Å². The molecule has 4 aliphatic carbocycles. The molecule has 1 aromatic carbocycles. The molecule has 130 valence electrons. The summed E-state index contributed by atoms with van der Waals surface area (Å²) in [6.45, 7) is 0. The summed E-state index contributed by atoms with van der Waals surface area (Å²) in [5, 5.41) is 2.43. The molecule has 2 unspecified atom stereocenters. The van der Waals surface area contributed by atoms with E-state index in [1.807, 2.05) is 0 Å². The Labute approximate surface area is 147 Å². The maximum atomic E-state index is 13.7. The molecule has 0 saturated heterocycles. The third kappa shape index (κ3) is 2.76. The summed E-state index contributed by atoms with van der Waals surface area (Å²) in [7, 11) is 0. The zero-order chi connectivity index (χ0) is 17.1. The maximum Gasteiger partial charge on any atom is 0.225 e. The molecule has 4 aliphatic rings. The van der Waals surface area contributed by atoms with Crippen LogP contribution in [0.1, 0.15) is 44.9 Å². The Hall–Kier alpha value is -1.04. The van der Waals surface area contributed by atoms with Gasteiger partial charge < -0.3 is 5.32 Å². The van der Waals surface area contributed by atoms with Crippen LogP contribution in [0.2, 0.25) is 0 Å². The minimum absolute atomic E-state index is 0.0489. The van der Waals surface area contributed by atoms with Gasteiger partial charge in [0.05, 0.1) is 5.69 Å². The number of carbonyl (C=O) groups excluding carboxylic acids is 1. The van der Waals surface area contributed by atoms with E-state index in [9.17, 15) is 18.0 Å². The van der Waals surface area contributed by atoms with Gasteiger partial charge >= 0.3 is 0 Å². The van der Waals surface area contributed by atoms with Crippen LogP contribution in [0.15, 0.2) is 12.1 Å². The standard InChI is InChI=1S/C18H19BrF3NO/c19-18-6-10-3-11(7-18)5-17(4-10,9-18)8-14(24)23-13-2-1-12(20)15(21)16(13)22/h1-2,10-11H,3-9H2,(H,23,24)/t10-,11+,17?,18?. The molecule has 5 rings (SSSR count). The van der Waals surface area contributed by atoms with Gasteiger partial charge in [0.15, 0.2) is 17.5 Å². The van der Waals surface area contributed by atoms with Crippen molar-refractivity contribution in [2.45, 2.75) is 49.3 Å². The molecule has 4 saturated carbocycles. The Bertz CT molecular complexity index is 694. The van der Waals surface area contributed by atoms with Crippen molar-refractivity contribution in [3.8, 4) is 0 Å². The zero-order valence-corrected chi connectivity index (χ0v) is 14.8. The minimum atomic E-state index is -1.55. The Morgan fingerprint density at radius 3 is 2.42 bits per heavy atom. The first-order valence-electron chi connectivity index (χ1n) is 8.40. The fraction of sp³-hybridized carbons (Fsp3) is 0.611. The van der Waals surface area contributed by atoms with Crippen molar-refractivity contribution in [1.29, 1.82) is 0 Å². The predicted octanol–water partition coefficient (Wildman–Crippen LogP) is 5.17. The van der Waals surface area contributed by atoms with Gasteiger partial charge in [0.1, 0.15) is 0 Å². The van der Waals surface area contributed by atoms with Crippen LogP contribution < -0.4 is 5.32 Å². The second-order valence-corrected chi connectivity index (χ2v) is 9.74. The molecule has 0 aromatic heterocycles. The molecular weight excluding hydrogens is 383 g/mol. The van der Waals surface area contributed by atoms with E-state index < -0.39 is 17.5 Å². The number of anilines is 1. The van der Waals surface area contributed by atoms with E-state index in [1.54, 1.807) is 0 Å². The van der Waals surface area contributed by atoms with E-state index in [1.165, 1.54) is 19.3 Å². The van der Waals surface area contributed by atoms with Crippen LogP contribution in [0.5, 0.6) is 0 Å². The topological polar surface area (TPSA) is 29.1 Å². The largest absolute Gasteiger partial charge is 0.323 e. The van der Waals surface area contributed by atoms with Crippen LogP contribution >= 0.6 is 15.9 Å². The van der Waals surface area contributed by atoms with E-state index in [4.69, 9.17) is 0 Å². The third-order valence-corrected chi connectivity index (χ3v) is 6.88. The van der Waals surface area contributed by atoms with Crippen molar-refractivity contribution in [3.05, 3.63) is 29.6 Å². The molecule has 0 radical (unpaired) electrons. The first kappa shape index (κ1) is 16.4. The first-order chi connectivity index (χ1) is 11.3. The van der Waals surface area contributed by atoms with Gasteiger partial charge in [-0.25, -0.2) is 13.2 Å². The van der Waals surface area contributed by atoms with Gasteiger partial charge in [-0.1, -0.05) is 15.9 Å². The van der Waals surface area contributed by atoms with Gasteiger partial charge in [-0.3, -0.25) is 4.79 Å². The van der Waals surface area contributed by atoms with Crippen LogP contribution in [0.3, 0.4) is 0 Å². The highest BCUT2D eigenvalue weighted by Gasteiger charge is 2.57. The molecule has 6 heteroatoms. The normalized spacial score (nSPS) is 36.8. The first-order valence-corrected chi connectivity index (χ1v) is 9.19. The molecule has 0 aliphatic heterocycles. The van der Waals surface area contributed by atoms with E-state index in [-0.39, 0.29) is 21.3 Å². The molecular formula is C18H19BrF3NO. The summed E-state index contributed by atoms with van der Waals surface area (Å²) < 4.78 is 40.2. The maximum absolute atomic E-state index is 13.7. The van der Waals surface area contributed by atoms with Crippen molar-refractivity contribution in [2.24, 2.45) is 17.3 Å². The number of hydrogen-bond acceptors (Lipinski definition) is 1. The van der Waals surface area contributed by atoms with Crippen LogP contribution in [0, 0.1) is 34.7 Å². The molecule has 4 fully saturated rings. The number of nitrogens with one attached hydrogen (secondary N) is 1. The smallest absolute Gasteiger partial charge is 0.225 e. The predicted molar refractivity (Wildman–Crippen MR) is 88.3 cm³/mol. The van der Waals surface area contributed by atoms with Gasteiger partial charge in [0, 0.05) is 10.7 Å². The zero-order valence-electron chi connectivity index (χ0n) is 13.2. The molecule has 24 heavy (non-hydrogen) atoms. The van der Waals surface area contributed by atoms with Gasteiger partial charge in [0.2, 0.25) is 5.91 Å². The molecule has 4 bridgehead atoms. The molecule has 1 amide bonds. The number of carbonyl (C=O) groups is 1. The van der Waals surface area contributed by atoms with Crippen LogP contribution in [-0.4, -0.2) is 10.2 Å². The summed E-state index contributed by atoms with van der Waals surface area (Å²) in [4.78, 5) is 12.4. The molecule has 1 aromatic rings. The van der Waals surface area contributed by atoms with Gasteiger partial charge in [-0.15, -0.1) is 0 Å². The molecule has 2 nitrogen and oxygen atoms in total. The van der Waals surface area contributed by atoms with Crippen molar-refractivity contribution in [2.75, 3.05) is 5.32 Å². The monoisotopic (exact) mass is 401 g/mol. The lowest BCUT2D eigenvalue weighted by molar-refractivity contribution is -0.123. The highest BCUT2D eigenvalue weighted by Crippen LogP contribution is 2.65. The summed E-state index contributed by atoms with van der Waals surface area (Å²) in [5.41, 5.74) is -0.343. The van der Waals surface area contributed by atoms with E-state index in [2.05, 4.69) is 21.2 Å². The van der Waals surface area contributed by atoms with Crippen molar-refractivity contribution in [3.63, 3.8) is 0 Å². The molecule has 0 spiro atoms. The fourth-order valence-corrected chi connectivity index (χ4v) is 7.21. The van der Waals surface area contributed by atoms with Crippen molar-refractivity contribution >= 4 is 27.5 Å². The lowest BCUT2D eigenvalue weighted by atomic mass is 9.48. The average molecular weight is 402 g/mol. The Morgan fingerprint density at radius 2 is 1.79 bits per heavy atom. The van der Waals surface area contributed by atoms with E-state index >= 15 is 0 Å². The summed E-state index contributed by atoms with van der Waals surface area (Å²) >= 11 is 3.90. The number of amides is 1. The van der Waals surface area contributed by atoms with E-state index in [0.29, 0.717) is 18.3 Å². The number of benzene rings is 1. The highest BCUT2D eigenvalue weighted by atomic mass is 79.9. The van der Waals surface area contributed by atoms with Gasteiger partial charge in [0.25, 0.3) is 0 Å². The summed E-state index contributed by atoms with van der Waals surface area (Å²) in [5.74, 6) is -3.17. The number of rotatable bonds is 3. The lowest BCUT2D eigenvalue weighted by Crippen LogP contribution is -2.53. The lowest BCUT2D eigenvalue weighted by Gasteiger charge is -2.60.